The van der Waals surface area contributed by atoms with Crippen molar-refractivity contribution >= 4 is 46.2 Å². The Hall–Kier alpha value is -4.50. The topological polar surface area (TPSA) is 167 Å². The molecule has 16 heteroatoms. The van der Waals surface area contributed by atoms with Gasteiger partial charge in [0.15, 0.2) is 5.69 Å². The molecule has 3 aromatic rings. The maximum atomic E-state index is 13.5. The van der Waals surface area contributed by atoms with Crippen LogP contribution >= 0.6 is 11.6 Å². The SMILES string of the molecule is COc1cc2c(cc1-n1nc(C(=O)NCCN3CCC(C(=O)OCC(C)(C)CN=O)CC3)c3cnc(Cl)cc31)OCCN2C(=O)OC(C)(C)C. The zero-order chi connectivity index (χ0) is 36.2. The van der Waals surface area contributed by atoms with Gasteiger partial charge in [-0.1, -0.05) is 30.6 Å². The lowest BCUT2D eigenvalue weighted by molar-refractivity contribution is -0.153. The molecule has 0 saturated carbocycles. The minimum Gasteiger partial charge on any atom is -0.494 e. The van der Waals surface area contributed by atoms with Gasteiger partial charge < -0.3 is 29.2 Å². The standard InChI is InChI=1S/C34H44ClN7O8/c1-33(2,3)50-32(45)41-13-14-48-27-16-25(26(47-6)15-24(27)41)42-23-17-28(35)37-18-22(23)29(39-42)30(43)36-9-12-40-10-7-21(8-11-40)31(44)49-20-34(4,5)19-38-46/h15-18,21H,7-14,19-20H2,1-6H3,(H,36,43). The number of pyridine rings is 1. The number of carbonyl (C=O) groups is 3. The molecule has 0 atom stereocenters. The smallest absolute Gasteiger partial charge is 0.415 e. The van der Waals surface area contributed by atoms with Crippen LogP contribution in [0.3, 0.4) is 0 Å². The van der Waals surface area contributed by atoms with Gasteiger partial charge in [-0.15, -0.1) is 0 Å². The number of halogens is 1. The number of nitrogens with zero attached hydrogens (tertiary/aromatic N) is 6. The third-order valence-electron chi connectivity index (χ3n) is 8.45. The molecule has 1 fully saturated rings. The highest BCUT2D eigenvalue weighted by Gasteiger charge is 2.32. The van der Waals surface area contributed by atoms with Crippen molar-refractivity contribution in [1.29, 1.82) is 0 Å². The molecule has 4 heterocycles. The normalized spacial score (nSPS) is 15.6. The van der Waals surface area contributed by atoms with E-state index < -0.39 is 23.0 Å². The summed E-state index contributed by atoms with van der Waals surface area (Å²) < 4.78 is 24.3. The number of ether oxygens (including phenoxy) is 4. The van der Waals surface area contributed by atoms with E-state index in [1.54, 1.807) is 43.7 Å². The Morgan fingerprint density at radius 3 is 2.50 bits per heavy atom. The molecule has 0 bridgehead atoms. The van der Waals surface area contributed by atoms with Gasteiger partial charge in [-0.25, -0.2) is 14.5 Å². The van der Waals surface area contributed by atoms with E-state index in [2.05, 4.69) is 25.5 Å². The summed E-state index contributed by atoms with van der Waals surface area (Å²) in [6.45, 7) is 12.1. The van der Waals surface area contributed by atoms with E-state index in [0.717, 1.165) is 0 Å². The molecule has 50 heavy (non-hydrogen) atoms. The number of aromatic nitrogens is 3. The van der Waals surface area contributed by atoms with Crippen LogP contribution < -0.4 is 19.7 Å². The first-order valence-electron chi connectivity index (χ1n) is 16.6. The molecule has 1 aromatic carbocycles. The highest BCUT2D eigenvalue weighted by Crippen LogP contribution is 2.41. The predicted octanol–water partition coefficient (Wildman–Crippen LogP) is 4.99. The van der Waals surface area contributed by atoms with Crippen LogP contribution in [0.5, 0.6) is 11.5 Å². The number of piperidine rings is 1. The summed E-state index contributed by atoms with van der Waals surface area (Å²) in [5.41, 5.74) is 0.444. The molecule has 0 spiro atoms. The lowest BCUT2D eigenvalue weighted by Crippen LogP contribution is -2.41. The zero-order valence-electron chi connectivity index (χ0n) is 29.3. The average Bonchev–Trinajstić information content (AvgIpc) is 3.44. The Kier molecular flexibility index (Phi) is 11.2. The van der Waals surface area contributed by atoms with Crippen LogP contribution in [0.25, 0.3) is 16.6 Å². The van der Waals surface area contributed by atoms with Crippen LogP contribution in [-0.2, 0) is 14.3 Å². The van der Waals surface area contributed by atoms with E-state index in [4.69, 9.17) is 30.5 Å². The number of anilines is 1. The van der Waals surface area contributed by atoms with Crippen molar-refractivity contribution in [3.8, 4) is 17.2 Å². The molecule has 2 aromatic heterocycles. The van der Waals surface area contributed by atoms with E-state index in [1.807, 2.05) is 13.8 Å². The molecule has 2 amide bonds. The van der Waals surface area contributed by atoms with Gasteiger partial charge in [0, 0.05) is 42.9 Å². The number of fused-ring (bicyclic) bond motifs is 2. The van der Waals surface area contributed by atoms with Gasteiger partial charge in [0.25, 0.3) is 5.91 Å². The average molecular weight is 714 g/mol. The van der Waals surface area contributed by atoms with Gasteiger partial charge in [0.2, 0.25) is 0 Å². The number of likely N-dealkylation sites (tertiary alicyclic amines) is 1. The molecule has 2 aliphatic heterocycles. The maximum absolute atomic E-state index is 13.5. The Morgan fingerprint density at radius 1 is 1.08 bits per heavy atom. The van der Waals surface area contributed by atoms with Crippen molar-refractivity contribution in [3.05, 3.63) is 40.2 Å². The van der Waals surface area contributed by atoms with Crippen molar-refractivity contribution in [2.75, 3.05) is 64.5 Å². The van der Waals surface area contributed by atoms with E-state index in [9.17, 15) is 19.3 Å². The van der Waals surface area contributed by atoms with Gasteiger partial charge in [-0.2, -0.15) is 10.0 Å². The molecule has 15 nitrogen and oxygen atoms in total. The third-order valence-corrected chi connectivity index (χ3v) is 8.65. The van der Waals surface area contributed by atoms with Gasteiger partial charge >= 0.3 is 12.1 Å². The predicted molar refractivity (Wildman–Crippen MR) is 186 cm³/mol. The minimum atomic E-state index is -0.681. The number of esters is 1. The van der Waals surface area contributed by atoms with Crippen LogP contribution in [0, 0.1) is 16.2 Å². The largest absolute Gasteiger partial charge is 0.494 e. The molecule has 0 aliphatic carbocycles. The van der Waals surface area contributed by atoms with Gasteiger partial charge in [-0.05, 0) is 46.7 Å². The van der Waals surface area contributed by atoms with Gasteiger partial charge in [0.05, 0.1) is 49.3 Å². The number of amides is 2. The summed E-state index contributed by atoms with van der Waals surface area (Å²) in [6.07, 6.45) is 2.28. The molecule has 0 radical (unpaired) electrons. The van der Waals surface area contributed by atoms with Crippen LogP contribution in [0.15, 0.2) is 29.6 Å². The third kappa shape index (κ3) is 8.62. The monoisotopic (exact) mass is 713 g/mol. The van der Waals surface area contributed by atoms with Crippen molar-refractivity contribution in [2.24, 2.45) is 16.5 Å². The number of methoxy groups -OCH3 is 1. The van der Waals surface area contributed by atoms with Crippen LogP contribution in [0.2, 0.25) is 5.15 Å². The minimum absolute atomic E-state index is 0.0815. The summed E-state index contributed by atoms with van der Waals surface area (Å²) in [5.74, 6) is -0.0599. The van der Waals surface area contributed by atoms with E-state index in [1.165, 1.54) is 18.2 Å². The van der Waals surface area contributed by atoms with Gasteiger partial charge in [0.1, 0.15) is 34.5 Å². The fourth-order valence-corrected chi connectivity index (χ4v) is 5.97. The number of rotatable bonds is 11. The molecular formula is C34H44ClN7O8. The summed E-state index contributed by atoms with van der Waals surface area (Å²) in [4.78, 5) is 57.6. The molecule has 1 N–H and O–H groups in total. The summed E-state index contributed by atoms with van der Waals surface area (Å²) in [5, 5.41) is 11.3. The Labute approximate surface area is 295 Å². The number of nitroso groups, excluding NO2 is 1. The number of carbonyl (C=O) groups excluding carboxylic acids is 3. The Balaban J connectivity index is 1.27. The molecule has 0 unspecified atom stereocenters. The second-order valence-electron chi connectivity index (χ2n) is 14.2. The lowest BCUT2D eigenvalue weighted by atomic mass is 9.94. The first-order chi connectivity index (χ1) is 23.7. The van der Waals surface area contributed by atoms with Crippen molar-refractivity contribution in [1.82, 2.24) is 25.0 Å². The van der Waals surface area contributed by atoms with Crippen molar-refractivity contribution in [2.45, 2.75) is 53.1 Å². The first-order valence-corrected chi connectivity index (χ1v) is 16.9. The molecule has 2 aliphatic rings. The van der Waals surface area contributed by atoms with Crippen LogP contribution in [0.1, 0.15) is 57.9 Å². The maximum Gasteiger partial charge on any atom is 0.415 e. The fraction of sp³-hybridized carbons (Fsp3) is 0.559. The van der Waals surface area contributed by atoms with Crippen molar-refractivity contribution < 1.29 is 33.3 Å². The van der Waals surface area contributed by atoms with Gasteiger partial charge in [-0.3, -0.25) is 14.5 Å². The summed E-state index contributed by atoms with van der Waals surface area (Å²) >= 11 is 6.30. The first kappa shape index (κ1) is 36.8. The van der Waals surface area contributed by atoms with E-state index in [-0.39, 0.29) is 42.5 Å². The second kappa shape index (κ2) is 15.2. The lowest BCUT2D eigenvalue weighted by Gasteiger charge is -2.32. The zero-order valence-corrected chi connectivity index (χ0v) is 30.0. The highest BCUT2D eigenvalue weighted by molar-refractivity contribution is 6.30. The molecule has 270 valence electrons. The molecule has 5 rings (SSSR count). The van der Waals surface area contributed by atoms with Crippen molar-refractivity contribution in [3.63, 3.8) is 0 Å². The number of benzene rings is 1. The second-order valence-corrected chi connectivity index (χ2v) is 14.6. The van der Waals surface area contributed by atoms with E-state index >= 15 is 0 Å². The summed E-state index contributed by atoms with van der Waals surface area (Å²) in [7, 11) is 1.50. The summed E-state index contributed by atoms with van der Waals surface area (Å²) in [6, 6.07) is 5.00. The highest BCUT2D eigenvalue weighted by atomic mass is 35.5. The molecular weight excluding hydrogens is 670 g/mol. The fourth-order valence-electron chi connectivity index (χ4n) is 5.81. The Bertz CT molecular complexity index is 1750. The van der Waals surface area contributed by atoms with Crippen LogP contribution in [0.4, 0.5) is 10.5 Å². The molecule has 1 saturated heterocycles. The van der Waals surface area contributed by atoms with E-state index in [0.29, 0.717) is 79.3 Å². The number of hydrogen-bond donors (Lipinski definition) is 1. The number of nitrogens with one attached hydrogen (secondary N) is 1. The quantitative estimate of drug-likeness (QED) is 0.161. The Morgan fingerprint density at radius 2 is 1.82 bits per heavy atom. The number of hydrogen-bond acceptors (Lipinski definition) is 12. The van der Waals surface area contributed by atoms with Crippen LogP contribution in [-0.4, -0.2) is 103 Å².